The molecule has 1 heterocycles. The van der Waals surface area contributed by atoms with Crippen molar-refractivity contribution in [2.45, 2.75) is 45.1 Å². The molecule has 0 saturated heterocycles. The number of benzene rings is 1. The van der Waals surface area contributed by atoms with Gasteiger partial charge >= 0.3 is 0 Å². The van der Waals surface area contributed by atoms with Gasteiger partial charge in [0.1, 0.15) is 0 Å². The summed E-state index contributed by atoms with van der Waals surface area (Å²) in [5.41, 5.74) is 2.92. The van der Waals surface area contributed by atoms with Gasteiger partial charge in [0, 0.05) is 11.7 Å². The van der Waals surface area contributed by atoms with Crippen LogP contribution in [-0.2, 0) is 10.2 Å². The third kappa shape index (κ3) is 2.03. The maximum Gasteiger partial charge on any atom is 0.234 e. The monoisotopic (exact) mass is 246 g/mol. The zero-order valence-corrected chi connectivity index (χ0v) is 11.6. The van der Waals surface area contributed by atoms with Gasteiger partial charge in [0.2, 0.25) is 5.91 Å². The summed E-state index contributed by atoms with van der Waals surface area (Å²) in [5.74, 6) is 0.0890. The van der Waals surface area contributed by atoms with Gasteiger partial charge in [0.05, 0.1) is 5.41 Å². The Labute approximate surface area is 109 Å². The molecule has 2 N–H and O–H groups in total. The molecule has 2 rings (SSSR count). The van der Waals surface area contributed by atoms with E-state index in [1.54, 1.807) is 0 Å². The van der Waals surface area contributed by atoms with Crippen molar-refractivity contribution in [1.82, 2.24) is 5.32 Å². The van der Waals surface area contributed by atoms with Crippen LogP contribution in [0.3, 0.4) is 0 Å². The summed E-state index contributed by atoms with van der Waals surface area (Å²) in [7, 11) is 1.99. The van der Waals surface area contributed by atoms with E-state index in [2.05, 4.69) is 29.7 Å². The lowest BCUT2D eigenvalue weighted by Crippen LogP contribution is -2.27. The van der Waals surface area contributed by atoms with Gasteiger partial charge in [-0.3, -0.25) is 4.79 Å². The molecule has 1 amide bonds. The summed E-state index contributed by atoms with van der Waals surface area (Å²) >= 11 is 0. The molecule has 3 nitrogen and oxygen atoms in total. The van der Waals surface area contributed by atoms with E-state index in [4.69, 9.17) is 0 Å². The summed E-state index contributed by atoms with van der Waals surface area (Å²) in [6.45, 7) is 6.14. The van der Waals surface area contributed by atoms with Crippen molar-refractivity contribution in [3.05, 3.63) is 29.3 Å². The van der Waals surface area contributed by atoms with E-state index in [0.717, 1.165) is 24.1 Å². The van der Waals surface area contributed by atoms with Gasteiger partial charge < -0.3 is 10.6 Å². The van der Waals surface area contributed by atoms with Crippen molar-refractivity contribution in [3.8, 4) is 0 Å². The predicted molar refractivity (Wildman–Crippen MR) is 74.8 cm³/mol. The number of hydrogen-bond donors (Lipinski definition) is 2. The number of carbonyl (C=O) groups excluding carboxylic acids is 1. The molecule has 98 valence electrons. The fourth-order valence-corrected chi connectivity index (χ4v) is 2.57. The normalized spacial score (nSPS) is 18.3. The Balaban J connectivity index is 2.39. The van der Waals surface area contributed by atoms with Crippen molar-refractivity contribution in [2.24, 2.45) is 0 Å². The lowest BCUT2D eigenvalue weighted by atomic mass is 9.84. The summed E-state index contributed by atoms with van der Waals surface area (Å²) in [6.07, 6.45) is 2.25. The summed E-state index contributed by atoms with van der Waals surface area (Å²) in [6, 6.07) is 6.67. The first-order valence-corrected chi connectivity index (χ1v) is 6.63. The lowest BCUT2D eigenvalue weighted by molar-refractivity contribution is -0.119. The highest BCUT2D eigenvalue weighted by Gasteiger charge is 2.38. The Morgan fingerprint density at radius 3 is 2.72 bits per heavy atom. The molecule has 0 spiro atoms. The maximum absolute atomic E-state index is 11.9. The van der Waals surface area contributed by atoms with Gasteiger partial charge in [-0.2, -0.15) is 0 Å². The molecule has 1 aliphatic heterocycles. The molecule has 0 saturated carbocycles. The Kier molecular flexibility index (Phi) is 3.44. The average Bonchev–Trinajstić information content (AvgIpc) is 2.57. The van der Waals surface area contributed by atoms with Crippen LogP contribution in [0.1, 0.15) is 50.8 Å². The van der Waals surface area contributed by atoms with Crippen LogP contribution in [0.2, 0.25) is 0 Å². The van der Waals surface area contributed by atoms with Crippen LogP contribution in [0.15, 0.2) is 18.2 Å². The Morgan fingerprint density at radius 1 is 1.39 bits per heavy atom. The van der Waals surface area contributed by atoms with E-state index in [0.29, 0.717) is 6.04 Å². The van der Waals surface area contributed by atoms with Gasteiger partial charge in [-0.05, 0) is 44.5 Å². The minimum Gasteiger partial charge on any atom is -0.325 e. The van der Waals surface area contributed by atoms with Crippen LogP contribution in [0.5, 0.6) is 0 Å². The Bertz CT molecular complexity index is 466. The quantitative estimate of drug-likeness (QED) is 0.857. The smallest absolute Gasteiger partial charge is 0.234 e. The first-order valence-electron chi connectivity index (χ1n) is 6.63. The minimum atomic E-state index is -0.421. The van der Waals surface area contributed by atoms with E-state index in [-0.39, 0.29) is 5.91 Å². The summed E-state index contributed by atoms with van der Waals surface area (Å²) in [4.78, 5) is 11.9. The molecule has 1 atom stereocenters. The van der Waals surface area contributed by atoms with Gasteiger partial charge in [0.15, 0.2) is 0 Å². The second-order valence-electron chi connectivity index (χ2n) is 5.51. The molecule has 0 radical (unpaired) electrons. The molecule has 0 aliphatic carbocycles. The van der Waals surface area contributed by atoms with Crippen molar-refractivity contribution in [1.29, 1.82) is 0 Å². The van der Waals surface area contributed by atoms with Crippen LogP contribution in [0.4, 0.5) is 5.69 Å². The Morgan fingerprint density at radius 2 is 2.11 bits per heavy atom. The molecule has 1 aromatic rings. The lowest BCUT2D eigenvalue weighted by Gasteiger charge is -2.20. The second kappa shape index (κ2) is 4.73. The number of fused-ring (bicyclic) bond motifs is 1. The molecule has 1 aromatic carbocycles. The van der Waals surface area contributed by atoms with E-state index in [1.807, 2.05) is 27.0 Å². The third-order valence-electron chi connectivity index (χ3n) is 3.86. The molecule has 18 heavy (non-hydrogen) atoms. The topological polar surface area (TPSA) is 41.1 Å². The number of carbonyl (C=O) groups is 1. The van der Waals surface area contributed by atoms with Crippen LogP contribution in [0.25, 0.3) is 0 Å². The van der Waals surface area contributed by atoms with Crippen LogP contribution >= 0.6 is 0 Å². The maximum atomic E-state index is 11.9. The number of anilines is 1. The van der Waals surface area contributed by atoms with Crippen molar-refractivity contribution in [3.63, 3.8) is 0 Å². The Hall–Kier alpha value is -1.35. The fraction of sp³-hybridized carbons (Fsp3) is 0.533. The molecule has 0 fully saturated rings. The highest BCUT2D eigenvalue weighted by Crippen LogP contribution is 2.38. The van der Waals surface area contributed by atoms with Crippen LogP contribution < -0.4 is 10.6 Å². The zero-order valence-electron chi connectivity index (χ0n) is 11.6. The van der Waals surface area contributed by atoms with Crippen molar-refractivity contribution < 1.29 is 4.79 Å². The number of rotatable bonds is 4. The second-order valence-corrected chi connectivity index (χ2v) is 5.51. The molecule has 3 heteroatoms. The predicted octanol–water partition coefficient (Wildman–Crippen LogP) is 2.98. The SMILES string of the molecule is CCCC(NC)c1ccc2c(c1)C(C)(C)C(=O)N2. The first-order chi connectivity index (χ1) is 8.50. The zero-order chi connectivity index (χ0) is 13.3. The molecular weight excluding hydrogens is 224 g/mol. The fourth-order valence-electron chi connectivity index (χ4n) is 2.57. The molecule has 0 bridgehead atoms. The largest absolute Gasteiger partial charge is 0.325 e. The summed E-state index contributed by atoms with van der Waals surface area (Å²) in [5, 5.41) is 6.29. The van der Waals surface area contributed by atoms with Gasteiger partial charge in [-0.1, -0.05) is 25.5 Å². The van der Waals surface area contributed by atoms with Crippen LogP contribution in [-0.4, -0.2) is 13.0 Å². The first kappa shape index (κ1) is 13.1. The van der Waals surface area contributed by atoms with Gasteiger partial charge in [-0.15, -0.1) is 0 Å². The van der Waals surface area contributed by atoms with Crippen molar-refractivity contribution >= 4 is 11.6 Å². The summed E-state index contributed by atoms with van der Waals surface area (Å²) < 4.78 is 0. The van der Waals surface area contributed by atoms with E-state index >= 15 is 0 Å². The van der Waals surface area contributed by atoms with Gasteiger partial charge in [0.25, 0.3) is 0 Å². The number of amides is 1. The highest BCUT2D eigenvalue weighted by molar-refractivity contribution is 6.05. The molecule has 0 aromatic heterocycles. The average molecular weight is 246 g/mol. The van der Waals surface area contributed by atoms with E-state index in [1.165, 1.54) is 5.56 Å². The van der Waals surface area contributed by atoms with E-state index in [9.17, 15) is 4.79 Å². The minimum absolute atomic E-state index is 0.0890. The van der Waals surface area contributed by atoms with Crippen molar-refractivity contribution in [2.75, 3.05) is 12.4 Å². The van der Waals surface area contributed by atoms with E-state index < -0.39 is 5.41 Å². The van der Waals surface area contributed by atoms with Gasteiger partial charge in [-0.25, -0.2) is 0 Å². The molecular formula is C15H22N2O. The highest BCUT2D eigenvalue weighted by atomic mass is 16.2. The van der Waals surface area contributed by atoms with Crippen LogP contribution in [0, 0.1) is 0 Å². The third-order valence-corrected chi connectivity index (χ3v) is 3.86. The number of hydrogen-bond acceptors (Lipinski definition) is 2. The standard InChI is InChI=1S/C15H22N2O/c1-5-6-12(16-4)10-7-8-13-11(9-10)15(2,3)14(18)17-13/h7-9,12,16H,5-6H2,1-4H3,(H,17,18). The molecule has 1 unspecified atom stereocenters. The molecule has 1 aliphatic rings. The number of nitrogens with one attached hydrogen (secondary N) is 2.